The molecule has 1 aliphatic rings. The smallest absolute Gasteiger partial charge is 0.202 e. The van der Waals surface area contributed by atoms with E-state index in [1.54, 1.807) is 0 Å². The lowest BCUT2D eigenvalue weighted by Crippen LogP contribution is -2.19. The van der Waals surface area contributed by atoms with Gasteiger partial charge in [0, 0.05) is 6.42 Å². The molecule has 0 aromatic carbocycles. The molecule has 0 fully saturated rings. The van der Waals surface area contributed by atoms with Crippen LogP contribution in [-0.4, -0.2) is 31.6 Å². The summed E-state index contributed by atoms with van der Waals surface area (Å²) < 4.78 is 0. The maximum atomic E-state index is 8.86. The Labute approximate surface area is 62.2 Å². The van der Waals surface area contributed by atoms with E-state index >= 15 is 0 Å². The van der Waals surface area contributed by atoms with Gasteiger partial charge in [-0.05, 0) is 0 Å². The summed E-state index contributed by atoms with van der Waals surface area (Å²) in [5.41, 5.74) is 0. The quantitative estimate of drug-likeness (QED) is 0.353. The highest BCUT2D eigenvalue weighted by Crippen LogP contribution is 2.24. The third-order valence-corrected chi connectivity index (χ3v) is 1.44. The Kier molecular flexibility index (Phi) is 1.66. The molecule has 1 rings (SSSR count). The summed E-state index contributed by atoms with van der Waals surface area (Å²) in [5.74, 6) is -2.91. The lowest BCUT2D eigenvalue weighted by atomic mass is 10.1. The van der Waals surface area contributed by atoms with E-state index in [-0.39, 0.29) is 6.42 Å². The largest absolute Gasteiger partial charge is 0.508 e. The Morgan fingerprint density at radius 1 is 1.00 bits per heavy atom. The van der Waals surface area contributed by atoms with Crippen molar-refractivity contribution in [3.05, 3.63) is 23.0 Å². The first-order valence-corrected chi connectivity index (χ1v) is 2.95. The highest BCUT2D eigenvalue weighted by Gasteiger charge is 2.27. The van der Waals surface area contributed by atoms with E-state index in [0.29, 0.717) is 0 Å². The summed E-state index contributed by atoms with van der Waals surface area (Å²) in [5, 5.41) is 44.0. The molecule has 0 saturated heterocycles. The maximum Gasteiger partial charge on any atom is 0.202 e. The van der Waals surface area contributed by atoms with Crippen LogP contribution in [0.1, 0.15) is 6.42 Å². The van der Waals surface area contributed by atoms with Crippen molar-refractivity contribution >= 4 is 0 Å². The van der Waals surface area contributed by atoms with Gasteiger partial charge in [0.2, 0.25) is 5.76 Å². The Bertz CT molecular complexity index is 239. The molecule has 0 heterocycles. The fraction of sp³-hybridized carbons (Fsp3) is 0.333. The van der Waals surface area contributed by atoms with Crippen LogP contribution in [-0.2, 0) is 0 Å². The van der Waals surface area contributed by atoms with Crippen LogP contribution >= 0.6 is 0 Å². The van der Waals surface area contributed by atoms with Crippen molar-refractivity contribution < 1.29 is 25.5 Å². The van der Waals surface area contributed by atoms with E-state index in [9.17, 15) is 0 Å². The molecule has 11 heavy (non-hydrogen) atoms. The zero-order valence-corrected chi connectivity index (χ0v) is 5.52. The second-order valence-electron chi connectivity index (χ2n) is 2.25. The molecule has 0 aliphatic heterocycles. The van der Waals surface area contributed by atoms with Crippen LogP contribution in [0.2, 0.25) is 0 Å². The fourth-order valence-electron chi connectivity index (χ4n) is 0.792. The van der Waals surface area contributed by atoms with E-state index in [4.69, 9.17) is 25.5 Å². The van der Waals surface area contributed by atoms with Crippen LogP contribution in [0.15, 0.2) is 23.0 Å². The molecular formula is C6H8O5. The number of aliphatic hydroxyl groups excluding tert-OH is 5. The third-order valence-electron chi connectivity index (χ3n) is 1.44. The van der Waals surface area contributed by atoms with Crippen molar-refractivity contribution in [1.29, 1.82) is 0 Å². The van der Waals surface area contributed by atoms with Gasteiger partial charge in [0.05, 0.1) is 0 Å². The molecule has 5 nitrogen and oxygen atoms in total. The van der Waals surface area contributed by atoms with Gasteiger partial charge < -0.3 is 25.5 Å². The minimum absolute atomic E-state index is 0.290. The van der Waals surface area contributed by atoms with Gasteiger partial charge in [-0.25, -0.2) is 0 Å². The first-order valence-electron chi connectivity index (χ1n) is 2.95. The van der Waals surface area contributed by atoms with Gasteiger partial charge in [0.15, 0.2) is 11.5 Å². The number of aliphatic hydroxyl groups is 5. The van der Waals surface area contributed by atoms with E-state index in [1.165, 1.54) is 0 Å². The Hall–Kier alpha value is -1.36. The minimum Gasteiger partial charge on any atom is -0.508 e. The van der Waals surface area contributed by atoms with Crippen LogP contribution in [0.25, 0.3) is 0 Å². The Balaban J connectivity index is 3.07. The SMILES string of the molecule is OC1=C(O)C(O)=C(O)C(O)C1. The molecule has 0 aromatic heterocycles. The third kappa shape index (κ3) is 1.10. The first kappa shape index (κ1) is 7.74. The Morgan fingerprint density at radius 2 is 1.55 bits per heavy atom. The summed E-state index contributed by atoms with van der Waals surface area (Å²) in [4.78, 5) is 0. The fourth-order valence-corrected chi connectivity index (χ4v) is 0.792. The van der Waals surface area contributed by atoms with E-state index in [0.717, 1.165) is 0 Å². The maximum absolute atomic E-state index is 8.86. The van der Waals surface area contributed by atoms with Crippen LogP contribution in [0, 0.1) is 0 Å². The molecule has 0 spiro atoms. The van der Waals surface area contributed by atoms with Crippen molar-refractivity contribution in [2.45, 2.75) is 12.5 Å². The van der Waals surface area contributed by atoms with Gasteiger partial charge in [-0.2, -0.15) is 0 Å². The summed E-state index contributed by atoms with van der Waals surface area (Å²) in [7, 11) is 0. The normalized spacial score (nSPS) is 26.1. The predicted octanol–water partition coefficient (Wildman–Crippen LogP) is 0.406. The average molecular weight is 160 g/mol. The second kappa shape index (κ2) is 2.35. The van der Waals surface area contributed by atoms with Crippen molar-refractivity contribution in [1.82, 2.24) is 0 Å². The monoisotopic (exact) mass is 160 g/mol. The van der Waals surface area contributed by atoms with E-state index in [1.807, 2.05) is 0 Å². The van der Waals surface area contributed by atoms with Gasteiger partial charge in [-0.3, -0.25) is 0 Å². The van der Waals surface area contributed by atoms with Gasteiger partial charge in [-0.15, -0.1) is 0 Å². The molecule has 0 amide bonds. The molecule has 0 saturated carbocycles. The summed E-state index contributed by atoms with van der Waals surface area (Å²) in [6.07, 6.45) is -1.63. The molecule has 5 heteroatoms. The van der Waals surface area contributed by atoms with Gasteiger partial charge >= 0.3 is 0 Å². The Morgan fingerprint density at radius 3 is 2.09 bits per heavy atom. The van der Waals surface area contributed by atoms with Crippen molar-refractivity contribution in [2.24, 2.45) is 0 Å². The second-order valence-corrected chi connectivity index (χ2v) is 2.25. The molecule has 62 valence electrons. The van der Waals surface area contributed by atoms with Gasteiger partial charge in [0.1, 0.15) is 11.9 Å². The highest BCUT2D eigenvalue weighted by atomic mass is 16.4. The molecule has 5 N–H and O–H groups in total. The zero-order chi connectivity index (χ0) is 8.59. The summed E-state index contributed by atoms with van der Waals surface area (Å²) in [6, 6.07) is 0. The minimum atomic E-state index is -1.34. The molecule has 1 atom stereocenters. The highest BCUT2D eigenvalue weighted by molar-refractivity contribution is 5.29. The van der Waals surface area contributed by atoms with Crippen LogP contribution < -0.4 is 0 Å². The van der Waals surface area contributed by atoms with Crippen molar-refractivity contribution in [3.8, 4) is 0 Å². The van der Waals surface area contributed by atoms with E-state index in [2.05, 4.69) is 0 Å². The molecule has 1 aliphatic carbocycles. The zero-order valence-electron chi connectivity index (χ0n) is 5.52. The standard InChI is InChI=1S/C6H8O5/c7-2-1-3(8)5(10)6(11)4(2)9/h2,7-11H,1H2. The molecule has 0 aromatic rings. The van der Waals surface area contributed by atoms with Gasteiger partial charge in [0.25, 0.3) is 0 Å². The lowest BCUT2D eigenvalue weighted by Gasteiger charge is -2.16. The van der Waals surface area contributed by atoms with Crippen LogP contribution in [0.4, 0.5) is 0 Å². The van der Waals surface area contributed by atoms with Crippen LogP contribution in [0.3, 0.4) is 0 Å². The molecule has 0 bridgehead atoms. The van der Waals surface area contributed by atoms with Crippen molar-refractivity contribution in [3.63, 3.8) is 0 Å². The lowest BCUT2D eigenvalue weighted by molar-refractivity contribution is 0.108. The number of rotatable bonds is 0. The van der Waals surface area contributed by atoms with Gasteiger partial charge in [-0.1, -0.05) is 0 Å². The van der Waals surface area contributed by atoms with Crippen LogP contribution in [0.5, 0.6) is 0 Å². The summed E-state index contributed by atoms with van der Waals surface area (Å²) >= 11 is 0. The van der Waals surface area contributed by atoms with Crippen molar-refractivity contribution in [2.75, 3.05) is 0 Å². The number of hydrogen-bond donors (Lipinski definition) is 5. The molecule has 0 radical (unpaired) electrons. The summed E-state index contributed by atoms with van der Waals surface area (Å²) in [6.45, 7) is 0. The number of hydrogen-bond acceptors (Lipinski definition) is 5. The van der Waals surface area contributed by atoms with E-state index < -0.39 is 29.1 Å². The molecular weight excluding hydrogens is 152 g/mol. The topological polar surface area (TPSA) is 101 Å². The molecule has 1 unspecified atom stereocenters. The first-order chi connectivity index (χ1) is 5.04. The predicted molar refractivity (Wildman–Crippen MR) is 35.2 cm³/mol. The average Bonchev–Trinajstić information content (AvgIpc) is 1.97.